The maximum atomic E-state index is 11.0. The van der Waals surface area contributed by atoms with Gasteiger partial charge in [-0.25, -0.2) is 0 Å². The Bertz CT molecular complexity index is 183. The van der Waals surface area contributed by atoms with Crippen LogP contribution in [0.4, 0.5) is 0 Å². The van der Waals surface area contributed by atoms with Gasteiger partial charge in [-0.2, -0.15) is 0 Å². The highest BCUT2D eigenvalue weighted by Crippen LogP contribution is 1.87. The van der Waals surface area contributed by atoms with Gasteiger partial charge < -0.3 is 15.8 Å². The number of hydrogen-bond donors (Lipinski definition) is 2. The average molecular weight is 202 g/mol. The molecule has 0 aliphatic rings. The Balaban J connectivity index is 3.22. The van der Waals surface area contributed by atoms with E-state index in [0.717, 1.165) is 12.8 Å². The average Bonchev–Trinajstić information content (AvgIpc) is 2.13. The third-order valence-electron chi connectivity index (χ3n) is 1.58. The molecular weight excluding hydrogens is 184 g/mol. The molecule has 3 N–H and O–H groups in total. The number of carbonyl (C=O) groups is 2. The van der Waals surface area contributed by atoms with E-state index in [1.807, 2.05) is 6.92 Å². The van der Waals surface area contributed by atoms with Crippen LogP contribution in [-0.4, -0.2) is 31.6 Å². The second-order valence-electron chi connectivity index (χ2n) is 2.97. The van der Waals surface area contributed by atoms with E-state index in [1.165, 1.54) is 0 Å². The SMILES string of the molecule is CCCCOC(=O)CNCCC(N)=O. The number of rotatable bonds is 8. The zero-order valence-electron chi connectivity index (χ0n) is 8.54. The summed E-state index contributed by atoms with van der Waals surface area (Å²) in [6.45, 7) is 3.04. The molecule has 0 heterocycles. The van der Waals surface area contributed by atoms with Gasteiger partial charge >= 0.3 is 5.97 Å². The highest BCUT2D eigenvalue weighted by molar-refractivity contribution is 5.74. The Morgan fingerprint density at radius 3 is 2.71 bits per heavy atom. The number of amides is 1. The fraction of sp³-hybridized carbons (Fsp3) is 0.778. The fourth-order valence-electron chi connectivity index (χ4n) is 0.783. The molecule has 0 unspecified atom stereocenters. The molecule has 0 atom stereocenters. The summed E-state index contributed by atoms with van der Waals surface area (Å²) in [6.07, 6.45) is 2.12. The standard InChI is InChI=1S/C9H18N2O3/c1-2-3-6-14-9(13)7-11-5-4-8(10)12/h11H,2-7H2,1H3,(H2,10,12). The summed E-state index contributed by atoms with van der Waals surface area (Å²) in [5.41, 5.74) is 4.91. The fourth-order valence-corrected chi connectivity index (χ4v) is 0.783. The van der Waals surface area contributed by atoms with E-state index in [0.29, 0.717) is 13.2 Å². The van der Waals surface area contributed by atoms with Gasteiger partial charge in [0.25, 0.3) is 0 Å². The molecule has 1 amide bonds. The molecule has 0 aliphatic heterocycles. The molecule has 0 aromatic heterocycles. The minimum atomic E-state index is -0.378. The first-order valence-corrected chi connectivity index (χ1v) is 4.81. The van der Waals surface area contributed by atoms with Crippen molar-refractivity contribution in [1.29, 1.82) is 0 Å². The molecule has 0 saturated heterocycles. The van der Waals surface area contributed by atoms with Gasteiger partial charge in [0.2, 0.25) is 5.91 Å². The second-order valence-corrected chi connectivity index (χ2v) is 2.97. The van der Waals surface area contributed by atoms with Gasteiger partial charge in [-0.05, 0) is 6.42 Å². The van der Waals surface area contributed by atoms with Crippen LogP contribution in [0.15, 0.2) is 0 Å². The Hall–Kier alpha value is -1.10. The highest BCUT2D eigenvalue weighted by Gasteiger charge is 2.01. The van der Waals surface area contributed by atoms with Gasteiger partial charge in [0.1, 0.15) is 0 Å². The predicted octanol–water partition coefficient (Wildman–Crippen LogP) is -0.205. The molecule has 0 rings (SSSR count). The molecule has 0 saturated carbocycles. The zero-order chi connectivity index (χ0) is 10.8. The van der Waals surface area contributed by atoms with E-state index in [9.17, 15) is 9.59 Å². The van der Waals surface area contributed by atoms with Crippen molar-refractivity contribution in [2.75, 3.05) is 19.7 Å². The van der Waals surface area contributed by atoms with Crippen LogP contribution in [0.25, 0.3) is 0 Å². The Morgan fingerprint density at radius 1 is 1.43 bits per heavy atom. The lowest BCUT2D eigenvalue weighted by Gasteiger charge is -2.04. The number of ether oxygens (including phenoxy) is 1. The van der Waals surface area contributed by atoms with Crippen molar-refractivity contribution in [2.45, 2.75) is 26.2 Å². The topological polar surface area (TPSA) is 81.4 Å². The van der Waals surface area contributed by atoms with Crippen molar-refractivity contribution in [2.24, 2.45) is 5.73 Å². The normalized spacial score (nSPS) is 9.79. The number of nitrogens with two attached hydrogens (primary N) is 1. The minimum absolute atomic E-state index is 0.136. The van der Waals surface area contributed by atoms with Crippen LogP contribution < -0.4 is 11.1 Å². The van der Waals surface area contributed by atoms with Crippen LogP contribution in [0.2, 0.25) is 0 Å². The second kappa shape index (κ2) is 8.50. The van der Waals surface area contributed by atoms with Crippen molar-refractivity contribution < 1.29 is 14.3 Å². The maximum Gasteiger partial charge on any atom is 0.319 e. The van der Waals surface area contributed by atoms with Gasteiger partial charge in [-0.3, -0.25) is 9.59 Å². The summed E-state index contributed by atoms with van der Waals surface area (Å²) in [5.74, 6) is -0.667. The lowest BCUT2D eigenvalue weighted by atomic mass is 10.4. The van der Waals surface area contributed by atoms with Crippen LogP contribution in [0.5, 0.6) is 0 Å². The summed E-state index contributed by atoms with van der Waals surface area (Å²) in [6, 6.07) is 0. The number of unbranched alkanes of at least 4 members (excludes halogenated alkanes) is 1. The molecule has 0 bridgehead atoms. The number of nitrogens with one attached hydrogen (secondary N) is 1. The molecule has 0 aliphatic carbocycles. The van der Waals surface area contributed by atoms with E-state index in [-0.39, 0.29) is 24.8 Å². The van der Waals surface area contributed by atoms with E-state index in [2.05, 4.69) is 5.32 Å². The smallest absolute Gasteiger partial charge is 0.319 e. The summed E-state index contributed by atoms with van der Waals surface area (Å²) in [7, 11) is 0. The number of hydrogen-bond acceptors (Lipinski definition) is 4. The molecule has 5 nitrogen and oxygen atoms in total. The van der Waals surface area contributed by atoms with Crippen molar-refractivity contribution in [3.8, 4) is 0 Å². The molecule has 5 heteroatoms. The number of carbonyl (C=O) groups excluding carboxylic acids is 2. The van der Waals surface area contributed by atoms with Crippen molar-refractivity contribution >= 4 is 11.9 Å². The van der Waals surface area contributed by atoms with Crippen molar-refractivity contribution in [3.63, 3.8) is 0 Å². The van der Waals surface area contributed by atoms with Gasteiger partial charge in [0.15, 0.2) is 0 Å². The molecule has 0 fully saturated rings. The Kier molecular flexibility index (Phi) is 7.83. The van der Waals surface area contributed by atoms with E-state index in [1.54, 1.807) is 0 Å². The van der Waals surface area contributed by atoms with Crippen molar-refractivity contribution in [1.82, 2.24) is 5.32 Å². The van der Waals surface area contributed by atoms with E-state index < -0.39 is 0 Å². The molecule has 0 radical (unpaired) electrons. The van der Waals surface area contributed by atoms with Crippen LogP contribution >= 0.6 is 0 Å². The molecule has 0 aromatic carbocycles. The van der Waals surface area contributed by atoms with Crippen LogP contribution in [-0.2, 0) is 14.3 Å². The largest absolute Gasteiger partial charge is 0.465 e. The monoisotopic (exact) mass is 202 g/mol. The van der Waals surface area contributed by atoms with E-state index >= 15 is 0 Å². The molecule has 82 valence electrons. The molecule has 0 aromatic rings. The quantitative estimate of drug-likeness (QED) is 0.421. The van der Waals surface area contributed by atoms with Gasteiger partial charge in [-0.1, -0.05) is 13.3 Å². The first kappa shape index (κ1) is 12.9. The van der Waals surface area contributed by atoms with Crippen molar-refractivity contribution in [3.05, 3.63) is 0 Å². The summed E-state index contributed by atoms with van der Waals surface area (Å²) in [4.78, 5) is 21.3. The zero-order valence-corrected chi connectivity index (χ0v) is 8.54. The number of primary amides is 1. The third-order valence-corrected chi connectivity index (χ3v) is 1.58. The van der Waals surface area contributed by atoms with E-state index in [4.69, 9.17) is 10.5 Å². The third kappa shape index (κ3) is 8.99. The molecule has 14 heavy (non-hydrogen) atoms. The van der Waals surface area contributed by atoms with Crippen LogP contribution in [0, 0.1) is 0 Å². The Labute approximate surface area is 84.0 Å². The van der Waals surface area contributed by atoms with Crippen LogP contribution in [0.1, 0.15) is 26.2 Å². The Morgan fingerprint density at radius 2 is 2.14 bits per heavy atom. The summed E-state index contributed by atoms with van der Waals surface area (Å²) in [5, 5.41) is 2.77. The van der Waals surface area contributed by atoms with Gasteiger partial charge in [0, 0.05) is 13.0 Å². The molecule has 0 spiro atoms. The predicted molar refractivity (Wildman–Crippen MR) is 52.5 cm³/mol. The molecular formula is C9H18N2O3. The number of esters is 1. The summed E-state index contributed by atoms with van der Waals surface area (Å²) >= 11 is 0. The maximum absolute atomic E-state index is 11.0. The lowest BCUT2D eigenvalue weighted by molar-refractivity contribution is -0.142. The minimum Gasteiger partial charge on any atom is -0.465 e. The highest BCUT2D eigenvalue weighted by atomic mass is 16.5. The van der Waals surface area contributed by atoms with Gasteiger partial charge in [0.05, 0.1) is 13.2 Å². The first-order valence-electron chi connectivity index (χ1n) is 4.81. The van der Waals surface area contributed by atoms with Gasteiger partial charge in [-0.15, -0.1) is 0 Å². The first-order chi connectivity index (χ1) is 6.66. The summed E-state index contributed by atoms with van der Waals surface area (Å²) < 4.78 is 4.87. The van der Waals surface area contributed by atoms with Crippen LogP contribution in [0.3, 0.4) is 0 Å². The lowest BCUT2D eigenvalue weighted by Crippen LogP contribution is -2.28.